The van der Waals surface area contributed by atoms with Crippen molar-refractivity contribution in [1.82, 2.24) is 10.2 Å². The lowest BCUT2D eigenvalue weighted by atomic mass is 9.84. The zero-order chi connectivity index (χ0) is 26.2. The van der Waals surface area contributed by atoms with Gasteiger partial charge in [0.15, 0.2) is 11.0 Å². The van der Waals surface area contributed by atoms with E-state index in [1.807, 2.05) is 42.5 Å². The van der Waals surface area contributed by atoms with Gasteiger partial charge in [0.05, 0.1) is 23.2 Å². The van der Waals surface area contributed by atoms with E-state index in [-0.39, 0.29) is 34.0 Å². The first kappa shape index (κ1) is 22.8. The quantitative estimate of drug-likeness (QED) is 0.317. The maximum absolute atomic E-state index is 14.7. The van der Waals surface area contributed by atoms with E-state index >= 15 is 0 Å². The monoisotopic (exact) mass is 540 g/mol. The van der Waals surface area contributed by atoms with E-state index in [1.54, 1.807) is 36.1 Å². The number of nitrogens with zero attached hydrogens (tertiary/aromatic N) is 4. The average Bonchev–Trinajstić information content (AvgIpc) is 3.53. The largest absolute Gasteiger partial charge is 0.450 e. The molecule has 10 heteroatoms. The maximum atomic E-state index is 14.7. The van der Waals surface area contributed by atoms with Crippen LogP contribution in [0.2, 0.25) is 5.02 Å². The van der Waals surface area contributed by atoms with Crippen molar-refractivity contribution in [3.05, 3.63) is 116 Å². The van der Waals surface area contributed by atoms with Crippen LogP contribution < -0.4 is 15.2 Å². The van der Waals surface area contributed by atoms with Crippen molar-refractivity contribution >= 4 is 56.5 Å². The third-order valence-electron chi connectivity index (χ3n) is 6.98. The van der Waals surface area contributed by atoms with Gasteiger partial charge in [-0.3, -0.25) is 19.3 Å². The van der Waals surface area contributed by atoms with Crippen molar-refractivity contribution in [1.29, 1.82) is 0 Å². The molecule has 186 valence electrons. The Bertz CT molecular complexity index is 1870. The second kappa shape index (κ2) is 8.08. The number of hydrogen-bond acceptors (Lipinski definition) is 7. The molecule has 1 spiro atoms. The summed E-state index contributed by atoms with van der Waals surface area (Å²) in [5.74, 6) is -1.27. The number of halogens is 1. The molecule has 7 rings (SSSR count). The Balaban J connectivity index is 1.58. The normalized spacial score (nSPS) is 18.1. The number of rotatable bonds is 3. The summed E-state index contributed by atoms with van der Waals surface area (Å²) >= 11 is 7.38. The number of carbonyl (C=O) groups is 2. The predicted octanol–water partition coefficient (Wildman–Crippen LogP) is 5.06. The van der Waals surface area contributed by atoms with Crippen molar-refractivity contribution in [2.75, 3.05) is 9.80 Å². The molecule has 8 nitrogen and oxygen atoms in total. The minimum Gasteiger partial charge on any atom is -0.450 e. The highest BCUT2D eigenvalue weighted by molar-refractivity contribution is 7.15. The van der Waals surface area contributed by atoms with Crippen LogP contribution in [0.4, 0.5) is 10.8 Å². The summed E-state index contributed by atoms with van der Waals surface area (Å²) < 4.78 is 6.05. The topological polar surface area (TPSA) is 96.6 Å². The summed E-state index contributed by atoms with van der Waals surface area (Å²) in [5.41, 5.74) is -0.164. The highest BCUT2D eigenvalue weighted by Gasteiger charge is 2.66. The third-order valence-corrected chi connectivity index (χ3v) is 8.04. The molecule has 0 bridgehead atoms. The summed E-state index contributed by atoms with van der Waals surface area (Å²) in [6, 6.07) is 21.3. The van der Waals surface area contributed by atoms with Crippen molar-refractivity contribution in [3.63, 3.8) is 0 Å². The molecule has 1 atom stereocenters. The maximum Gasteiger partial charge on any atom is 0.297 e. The summed E-state index contributed by atoms with van der Waals surface area (Å²) in [4.78, 5) is 45.9. The van der Waals surface area contributed by atoms with Gasteiger partial charge >= 0.3 is 0 Å². The molecule has 1 unspecified atom stereocenters. The molecular formula is C28H17ClN4O4S. The molecule has 38 heavy (non-hydrogen) atoms. The molecule has 2 amide bonds. The van der Waals surface area contributed by atoms with Crippen molar-refractivity contribution in [2.24, 2.45) is 0 Å². The molecule has 0 saturated carbocycles. The van der Waals surface area contributed by atoms with Crippen LogP contribution in [0, 0.1) is 6.92 Å². The standard InChI is InChI=1S/C28H17ClN4O4S/c1-15-30-31-27(38-15)33-25(35)24-22(23(34)18-13-17(29)11-12-21(18)37-24)28(33)19-9-5-6-10-20(19)32(26(28)36)14-16-7-3-2-4-8-16/h2-13H,14H2,1H3. The van der Waals surface area contributed by atoms with Crippen LogP contribution >= 0.6 is 22.9 Å². The summed E-state index contributed by atoms with van der Waals surface area (Å²) in [5, 5.41) is 9.64. The molecule has 0 N–H and O–H groups in total. The Hall–Kier alpha value is -4.34. The highest BCUT2D eigenvalue weighted by atomic mass is 35.5. The van der Waals surface area contributed by atoms with Crippen LogP contribution in [-0.4, -0.2) is 22.0 Å². The van der Waals surface area contributed by atoms with E-state index in [0.717, 1.165) is 16.9 Å². The van der Waals surface area contributed by atoms with Gasteiger partial charge in [-0.25, -0.2) is 0 Å². The Morgan fingerprint density at radius 3 is 2.50 bits per heavy atom. The number of para-hydroxylation sites is 1. The average molecular weight is 541 g/mol. The fourth-order valence-corrected chi connectivity index (χ4v) is 6.35. The zero-order valence-electron chi connectivity index (χ0n) is 19.8. The molecule has 5 aromatic rings. The van der Waals surface area contributed by atoms with Crippen LogP contribution in [0.15, 0.2) is 82.0 Å². The predicted molar refractivity (Wildman–Crippen MR) is 144 cm³/mol. The Morgan fingerprint density at radius 1 is 0.974 bits per heavy atom. The summed E-state index contributed by atoms with van der Waals surface area (Å²) in [6.45, 7) is 2.00. The molecule has 2 aliphatic rings. The number of benzene rings is 3. The summed E-state index contributed by atoms with van der Waals surface area (Å²) in [6.07, 6.45) is 0. The van der Waals surface area contributed by atoms with Gasteiger partial charge in [0.1, 0.15) is 10.6 Å². The Labute approximate surface area is 224 Å². The molecule has 2 aromatic heterocycles. The minimum absolute atomic E-state index is 0.0434. The smallest absolute Gasteiger partial charge is 0.297 e. The molecule has 0 saturated heterocycles. The number of hydrogen-bond donors (Lipinski definition) is 0. The van der Waals surface area contributed by atoms with Crippen LogP contribution in [0.5, 0.6) is 0 Å². The Kier molecular flexibility index (Phi) is 4.85. The third kappa shape index (κ3) is 2.94. The Morgan fingerprint density at radius 2 is 1.74 bits per heavy atom. The zero-order valence-corrected chi connectivity index (χ0v) is 21.4. The van der Waals surface area contributed by atoms with E-state index in [4.69, 9.17) is 16.0 Å². The molecule has 2 aliphatic heterocycles. The molecular weight excluding hydrogens is 524 g/mol. The van der Waals surface area contributed by atoms with Gasteiger partial charge in [-0.2, -0.15) is 0 Å². The lowest BCUT2D eigenvalue weighted by molar-refractivity contribution is -0.121. The molecule has 0 aliphatic carbocycles. The van der Waals surface area contributed by atoms with Gasteiger partial charge in [-0.05, 0) is 36.8 Å². The van der Waals surface area contributed by atoms with E-state index in [9.17, 15) is 14.4 Å². The first-order chi connectivity index (χ1) is 18.4. The van der Waals surface area contributed by atoms with Gasteiger partial charge in [-0.1, -0.05) is 71.5 Å². The van der Waals surface area contributed by atoms with Crippen molar-refractivity contribution < 1.29 is 14.0 Å². The molecule has 4 heterocycles. The van der Waals surface area contributed by atoms with Crippen molar-refractivity contribution in [2.45, 2.75) is 19.0 Å². The number of carbonyl (C=O) groups excluding carboxylic acids is 2. The number of aromatic nitrogens is 2. The fraction of sp³-hybridized carbons (Fsp3) is 0.107. The number of amides is 2. The lowest BCUT2D eigenvalue weighted by Crippen LogP contribution is -2.53. The van der Waals surface area contributed by atoms with Crippen LogP contribution in [-0.2, 0) is 16.9 Å². The van der Waals surface area contributed by atoms with Gasteiger partial charge in [0.2, 0.25) is 10.9 Å². The van der Waals surface area contributed by atoms with Gasteiger partial charge in [-0.15, -0.1) is 10.2 Å². The van der Waals surface area contributed by atoms with Gasteiger partial charge < -0.3 is 9.32 Å². The molecule has 0 radical (unpaired) electrons. The van der Waals surface area contributed by atoms with Crippen molar-refractivity contribution in [3.8, 4) is 0 Å². The van der Waals surface area contributed by atoms with Crippen LogP contribution in [0.1, 0.15) is 32.3 Å². The van der Waals surface area contributed by atoms with E-state index in [2.05, 4.69) is 10.2 Å². The number of anilines is 2. The van der Waals surface area contributed by atoms with E-state index in [0.29, 0.717) is 21.3 Å². The number of fused-ring (bicyclic) bond motifs is 5. The molecule has 3 aromatic carbocycles. The second-order valence-corrected chi connectivity index (χ2v) is 10.7. The first-order valence-corrected chi connectivity index (χ1v) is 13.0. The van der Waals surface area contributed by atoms with Gasteiger partial charge in [0, 0.05) is 10.6 Å². The SMILES string of the molecule is Cc1nnc(N2C(=O)c3oc4ccc(Cl)cc4c(=O)c3C23C(=O)N(Cc2ccccc2)c2ccccc23)s1. The number of aryl methyl sites for hydroxylation is 1. The minimum atomic E-state index is -1.82. The van der Waals surface area contributed by atoms with E-state index < -0.39 is 22.8 Å². The first-order valence-electron chi connectivity index (χ1n) is 11.8. The van der Waals surface area contributed by atoms with Crippen LogP contribution in [0.3, 0.4) is 0 Å². The molecule has 0 fully saturated rings. The van der Waals surface area contributed by atoms with Gasteiger partial charge in [0.25, 0.3) is 11.8 Å². The second-order valence-electron chi connectivity index (χ2n) is 9.12. The highest BCUT2D eigenvalue weighted by Crippen LogP contribution is 2.54. The fourth-order valence-electron chi connectivity index (χ4n) is 5.43. The summed E-state index contributed by atoms with van der Waals surface area (Å²) in [7, 11) is 0. The van der Waals surface area contributed by atoms with E-state index in [1.165, 1.54) is 11.0 Å². The van der Waals surface area contributed by atoms with Crippen LogP contribution in [0.25, 0.3) is 11.0 Å². The lowest BCUT2D eigenvalue weighted by Gasteiger charge is -2.32.